The number of thiophene rings is 1. The zero-order valence-corrected chi connectivity index (χ0v) is 13.5. The summed E-state index contributed by atoms with van der Waals surface area (Å²) in [5, 5.41) is 10.2. The Bertz CT molecular complexity index is 517. The van der Waals surface area contributed by atoms with E-state index in [9.17, 15) is 9.90 Å². The smallest absolute Gasteiger partial charge is 0.263 e. The van der Waals surface area contributed by atoms with E-state index in [-0.39, 0.29) is 23.5 Å². The highest BCUT2D eigenvalue weighted by atomic mass is 32.1. The van der Waals surface area contributed by atoms with Crippen LogP contribution in [0.1, 0.15) is 40.7 Å². The van der Waals surface area contributed by atoms with E-state index in [1.54, 1.807) is 11.3 Å². The van der Waals surface area contributed by atoms with Crippen molar-refractivity contribution in [3.8, 4) is 0 Å². The van der Waals surface area contributed by atoms with Crippen LogP contribution in [0.4, 0.5) is 0 Å². The van der Waals surface area contributed by atoms with E-state index in [1.165, 1.54) is 0 Å². The minimum absolute atomic E-state index is 0.113. The Hall–Kier alpha value is -0.910. The fourth-order valence-corrected chi connectivity index (χ4v) is 4.48. The number of aryl methyl sites for hydroxylation is 1. The van der Waals surface area contributed by atoms with Gasteiger partial charge in [-0.25, -0.2) is 0 Å². The molecule has 1 saturated carbocycles. The van der Waals surface area contributed by atoms with Gasteiger partial charge >= 0.3 is 0 Å². The number of aliphatic hydroxyl groups is 1. The zero-order chi connectivity index (χ0) is 15.0. The highest BCUT2D eigenvalue weighted by molar-refractivity contribution is 7.13. The highest BCUT2D eigenvalue weighted by Crippen LogP contribution is 2.51. The van der Waals surface area contributed by atoms with Crippen molar-refractivity contribution in [1.29, 1.82) is 0 Å². The Morgan fingerprint density at radius 2 is 2.19 bits per heavy atom. The van der Waals surface area contributed by atoms with Crippen molar-refractivity contribution in [1.82, 2.24) is 4.90 Å². The maximum absolute atomic E-state index is 12.5. The second-order valence-corrected chi connectivity index (χ2v) is 7.42. The van der Waals surface area contributed by atoms with Gasteiger partial charge in [0.05, 0.1) is 17.1 Å². The fraction of sp³-hybridized carbons (Fsp3) is 0.688. The number of likely N-dealkylation sites (tertiary alicyclic amines) is 1. The van der Waals surface area contributed by atoms with Crippen LogP contribution in [-0.2, 0) is 4.74 Å². The molecule has 2 unspecified atom stereocenters. The van der Waals surface area contributed by atoms with Crippen LogP contribution in [0.3, 0.4) is 0 Å². The third kappa shape index (κ3) is 2.51. The first-order valence-corrected chi connectivity index (χ1v) is 8.54. The molecule has 1 saturated heterocycles. The number of ether oxygens (including phenoxy) is 1. The van der Waals surface area contributed by atoms with Gasteiger partial charge in [-0.15, -0.1) is 11.3 Å². The van der Waals surface area contributed by atoms with Crippen molar-refractivity contribution in [3.05, 3.63) is 21.9 Å². The highest BCUT2D eigenvalue weighted by Gasteiger charge is 2.56. The van der Waals surface area contributed by atoms with Gasteiger partial charge in [0.25, 0.3) is 5.91 Å². The second kappa shape index (κ2) is 5.71. The molecule has 0 radical (unpaired) electrons. The summed E-state index contributed by atoms with van der Waals surface area (Å²) >= 11 is 1.55. The molecule has 2 aliphatic rings. The number of rotatable bonds is 3. The van der Waals surface area contributed by atoms with Crippen molar-refractivity contribution in [3.63, 3.8) is 0 Å². The average Bonchev–Trinajstić information content (AvgIpc) is 2.93. The molecule has 0 aromatic carbocycles. The molecular formula is C16H23NO3S. The monoisotopic (exact) mass is 309 g/mol. The minimum Gasteiger partial charge on any atom is -0.392 e. The molecule has 1 amide bonds. The molecule has 116 valence electrons. The average molecular weight is 309 g/mol. The number of nitrogens with zero attached hydrogens (tertiary/aromatic N) is 1. The topological polar surface area (TPSA) is 49.8 Å². The molecule has 3 rings (SSSR count). The number of aliphatic hydroxyl groups excluding tert-OH is 1. The molecule has 2 fully saturated rings. The van der Waals surface area contributed by atoms with Gasteiger partial charge in [-0.3, -0.25) is 4.79 Å². The minimum atomic E-state index is -0.268. The van der Waals surface area contributed by atoms with Crippen LogP contribution in [-0.4, -0.2) is 47.8 Å². The van der Waals surface area contributed by atoms with Gasteiger partial charge in [-0.1, -0.05) is 0 Å². The lowest BCUT2D eigenvalue weighted by molar-refractivity contribution is -0.207. The van der Waals surface area contributed by atoms with Crippen LogP contribution in [0.2, 0.25) is 0 Å². The van der Waals surface area contributed by atoms with Crippen LogP contribution in [0.15, 0.2) is 12.1 Å². The van der Waals surface area contributed by atoms with Crippen LogP contribution >= 0.6 is 11.3 Å². The number of hydrogen-bond acceptors (Lipinski definition) is 4. The van der Waals surface area contributed by atoms with E-state index >= 15 is 0 Å². The van der Waals surface area contributed by atoms with Gasteiger partial charge in [0.15, 0.2) is 0 Å². The number of hydrogen-bond donors (Lipinski definition) is 1. The number of carbonyl (C=O) groups is 1. The summed E-state index contributed by atoms with van der Waals surface area (Å²) in [6, 6.07) is 3.90. The second-order valence-electron chi connectivity index (χ2n) is 6.13. The Labute approximate surface area is 129 Å². The molecule has 1 aliphatic carbocycles. The standard InChI is InChI=1S/C16H23NO3S/c1-3-20-14-10-13(18)16(14)6-8-17(9-7-16)15(19)12-5-4-11(2)21-12/h4-5,13-14,18H,3,6-10H2,1-2H3. The lowest BCUT2D eigenvalue weighted by Crippen LogP contribution is -2.62. The van der Waals surface area contributed by atoms with Crippen molar-refractivity contribution in [2.75, 3.05) is 19.7 Å². The van der Waals surface area contributed by atoms with Crippen LogP contribution in [0, 0.1) is 12.3 Å². The van der Waals surface area contributed by atoms with Gasteiger partial charge in [-0.05, 0) is 38.8 Å². The van der Waals surface area contributed by atoms with Gasteiger partial charge in [0.2, 0.25) is 0 Å². The molecule has 2 heterocycles. The Morgan fingerprint density at radius 1 is 1.48 bits per heavy atom. The molecule has 2 atom stereocenters. The van der Waals surface area contributed by atoms with Crippen molar-refractivity contribution >= 4 is 17.2 Å². The Morgan fingerprint density at radius 3 is 2.71 bits per heavy atom. The van der Waals surface area contributed by atoms with E-state index in [1.807, 2.05) is 30.9 Å². The summed E-state index contributed by atoms with van der Waals surface area (Å²) in [6.45, 7) is 6.14. The predicted molar refractivity (Wildman–Crippen MR) is 82.7 cm³/mol. The summed E-state index contributed by atoms with van der Waals surface area (Å²) in [7, 11) is 0. The molecule has 1 aliphatic heterocycles. The van der Waals surface area contributed by atoms with Gasteiger partial charge in [-0.2, -0.15) is 0 Å². The van der Waals surface area contributed by atoms with E-state index in [0.717, 1.165) is 42.1 Å². The first kappa shape index (κ1) is 15.0. The quantitative estimate of drug-likeness (QED) is 0.933. The first-order chi connectivity index (χ1) is 10.1. The molecule has 5 heteroatoms. The molecule has 1 N–H and O–H groups in total. The summed E-state index contributed by atoms with van der Waals surface area (Å²) < 4.78 is 5.76. The maximum atomic E-state index is 12.5. The van der Waals surface area contributed by atoms with E-state index in [2.05, 4.69) is 0 Å². The Balaban J connectivity index is 1.63. The third-order valence-electron chi connectivity index (χ3n) is 5.04. The number of carbonyl (C=O) groups excluding carboxylic acids is 1. The van der Waals surface area contributed by atoms with Gasteiger partial charge in [0.1, 0.15) is 0 Å². The molecule has 1 spiro atoms. The van der Waals surface area contributed by atoms with E-state index in [4.69, 9.17) is 4.74 Å². The molecule has 21 heavy (non-hydrogen) atoms. The van der Waals surface area contributed by atoms with Crippen molar-refractivity contribution in [2.24, 2.45) is 5.41 Å². The Kier molecular flexibility index (Phi) is 4.08. The van der Waals surface area contributed by atoms with Crippen LogP contribution < -0.4 is 0 Å². The molecule has 1 aromatic rings. The third-order valence-corrected chi connectivity index (χ3v) is 6.03. The molecular weight excluding hydrogens is 286 g/mol. The fourth-order valence-electron chi connectivity index (χ4n) is 3.65. The lowest BCUT2D eigenvalue weighted by atomic mass is 9.58. The van der Waals surface area contributed by atoms with Crippen molar-refractivity contribution < 1.29 is 14.6 Å². The van der Waals surface area contributed by atoms with E-state index in [0.29, 0.717) is 6.61 Å². The number of amides is 1. The molecule has 0 bridgehead atoms. The largest absolute Gasteiger partial charge is 0.392 e. The van der Waals surface area contributed by atoms with Crippen molar-refractivity contribution in [2.45, 2.75) is 45.3 Å². The first-order valence-electron chi connectivity index (χ1n) is 7.72. The lowest BCUT2D eigenvalue weighted by Gasteiger charge is -2.56. The van der Waals surface area contributed by atoms with Gasteiger partial charge in [0, 0.05) is 36.4 Å². The SMILES string of the molecule is CCOC1CC(O)C12CCN(C(=O)c1ccc(C)s1)CC2. The normalized spacial score (nSPS) is 27.7. The molecule has 4 nitrogen and oxygen atoms in total. The summed E-state index contributed by atoms with van der Waals surface area (Å²) in [4.78, 5) is 16.4. The molecule has 1 aromatic heterocycles. The van der Waals surface area contributed by atoms with Gasteiger partial charge < -0.3 is 14.7 Å². The summed E-state index contributed by atoms with van der Waals surface area (Å²) in [5.74, 6) is 0.129. The van der Waals surface area contributed by atoms with Crippen LogP contribution in [0.5, 0.6) is 0 Å². The van der Waals surface area contributed by atoms with E-state index < -0.39 is 0 Å². The maximum Gasteiger partial charge on any atom is 0.263 e. The zero-order valence-electron chi connectivity index (χ0n) is 12.7. The summed E-state index contributed by atoms with van der Waals surface area (Å²) in [5.41, 5.74) is -0.113. The summed E-state index contributed by atoms with van der Waals surface area (Å²) in [6.07, 6.45) is 2.32. The predicted octanol–water partition coefficient (Wildman–Crippen LogP) is 2.45. The van der Waals surface area contributed by atoms with Crippen LogP contribution in [0.25, 0.3) is 0 Å². The number of piperidine rings is 1.